The Kier molecular flexibility index (Phi) is 7.93. The minimum atomic E-state index is 0.533. The van der Waals surface area contributed by atoms with E-state index in [-0.39, 0.29) is 0 Å². The zero-order chi connectivity index (χ0) is 14.1. The normalized spacial score (nSPS) is 12.9. The second kappa shape index (κ2) is 9.23. The quantitative estimate of drug-likeness (QED) is 0.716. The standard InChI is InChI=1S/C13H26N4OS/c1-5-7-14-13-16-15-12(19-13)10-17(8-9-18-4)11(3)6-2/h11H,5-10H2,1-4H3,(H,14,16). The van der Waals surface area contributed by atoms with Crippen LogP contribution in [0.3, 0.4) is 0 Å². The molecule has 1 atom stereocenters. The summed E-state index contributed by atoms with van der Waals surface area (Å²) in [4.78, 5) is 2.40. The first kappa shape index (κ1) is 16.3. The molecule has 1 N–H and O–H groups in total. The summed E-state index contributed by atoms with van der Waals surface area (Å²) in [6.45, 7) is 10.1. The van der Waals surface area contributed by atoms with Gasteiger partial charge in [-0.3, -0.25) is 4.90 Å². The van der Waals surface area contributed by atoms with Crippen molar-refractivity contribution in [1.29, 1.82) is 0 Å². The van der Waals surface area contributed by atoms with Crippen LogP contribution in [-0.4, -0.2) is 47.9 Å². The van der Waals surface area contributed by atoms with Gasteiger partial charge in [-0.2, -0.15) is 0 Å². The number of methoxy groups -OCH3 is 1. The summed E-state index contributed by atoms with van der Waals surface area (Å²) in [6.07, 6.45) is 2.23. The Morgan fingerprint density at radius 2 is 2.16 bits per heavy atom. The highest BCUT2D eigenvalue weighted by molar-refractivity contribution is 7.15. The summed E-state index contributed by atoms with van der Waals surface area (Å²) in [5.41, 5.74) is 0. The molecule has 0 bridgehead atoms. The number of nitrogens with one attached hydrogen (secondary N) is 1. The van der Waals surface area contributed by atoms with Gasteiger partial charge in [0.25, 0.3) is 0 Å². The molecule has 0 radical (unpaired) electrons. The van der Waals surface area contributed by atoms with E-state index < -0.39 is 0 Å². The van der Waals surface area contributed by atoms with Crippen molar-refractivity contribution >= 4 is 16.5 Å². The van der Waals surface area contributed by atoms with Gasteiger partial charge in [0, 0.05) is 26.2 Å². The summed E-state index contributed by atoms with van der Waals surface area (Å²) in [5.74, 6) is 0. The molecule has 0 spiro atoms. The molecule has 1 heterocycles. The van der Waals surface area contributed by atoms with E-state index in [0.717, 1.165) is 49.2 Å². The fourth-order valence-electron chi connectivity index (χ4n) is 1.72. The molecule has 19 heavy (non-hydrogen) atoms. The van der Waals surface area contributed by atoms with Crippen molar-refractivity contribution < 1.29 is 4.74 Å². The first-order chi connectivity index (χ1) is 9.21. The van der Waals surface area contributed by atoms with Gasteiger partial charge in [0.15, 0.2) is 0 Å². The van der Waals surface area contributed by atoms with Crippen LogP contribution in [0.2, 0.25) is 0 Å². The molecule has 0 aliphatic carbocycles. The first-order valence-electron chi connectivity index (χ1n) is 7.00. The van der Waals surface area contributed by atoms with E-state index in [4.69, 9.17) is 4.74 Å². The Morgan fingerprint density at radius 3 is 2.79 bits per heavy atom. The van der Waals surface area contributed by atoms with E-state index in [1.165, 1.54) is 0 Å². The zero-order valence-electron chi connectivity index (χ0n) is 12.5. The molecule has 0 amide bonds. The van der Waals surface area contributed by atoms with Crippen LogP contribution >= 0.6 is 11.3 Å². The topological polar surface area (TPSA) is 50.3 Å². The predicted octanol–water partition coefficient (Wildman–Crippen LogP) is 2.61. The van der Waals surface area contributed by atoms with Gasteiger partial charge in [0.1, 0.15) is 5.01 Å². The number of rotatable bonds is 10. The number of hydrogen-bond acceptors (Lipinski definition) is 6. The van der Waals surface area contributed by atoms with Gasteiger partial charge in [0.05, 0.1) is 13.2 Å². The van der Waals surface area contributed by atoms with Crippen molar-refractivity contribution in [3.63, 3.8) is 0 Å². The smallest absolute Gasteiger partial charge is 0.205 e. The van der Waals surface area contributed by atoms with Crippen LogP contribution in [0.4, 0.5) is 5.13 Å². The second-order valence-corrected chi connectivity index (χ2v) is 5.71. The minimum absolute atomic E-state index is 0.533. The highest BCUT2D eigenvalue weighted by Crippen LogP contribution is 2.18. The van der Waals surface area contributed by atoms with E-state index in [9.17, 15) is 0 Å². The lowest BCUT2D eigenvalue weighted by atomic mass is 10.2. The van der Waals surface area contributed by atoms with Gasteiger partial charge in [-0.05, 0) is 19.8 Å². The van der Waals surface area contributed by atoms with E-state index in [1.54, 1.807) is 18.4 Å². The van der Waals surface area contributed by atoms with Crippen molar-refractivity contribution in [1.82, 2.24) is 15.1 Å². The van der Waals surface area contributed by atoms with Crippen LogP contribution in [0.5, 0.6) is 0 Å². The molecule has 1 aromatic heterocycles. The van der Waals surface area contributed by atoms with Gasteiger partial charge < -0.3 is 10.1 Å². The summed E-state index contributed by atoms with van der Waals surface area (Å²) < 4.78 is 5.18. The summed E-state index contributed by atoms with van der Waals surface area (Å²) in [6, 6.07) is 0.533. The molecule has 0 aromatic carbocycles. The average molecular weight is 286 g/mol. The average Bonchev–Trinajstić information content (AvgIpc) is 2.87. The second-order valence-electron chi connectivity index (χ2n) is 4.65. The van der Waals surface area contributed by atoms with Crippen molar-refractivity contribution in [3.8, 4) is 0 Å². The van der Waals surface area contributed by atoms with Crippen molar-refractivity contribution in [2.24, 2.45) is 0 Å². The van der Waals surface area contributed by atoms with Crippen LogP contribution in [0.1, 0.15) is 38.6 Å². The summed E-state index contributed by atoms with van der Waals surface area (Å²) in [5, 5.41) is 13.7. The zero-order valence-corrected chi connectivity index (χ0v) is 13.3. The largest absolute Gasteiger partial charge is 0.383 e. The van der Waals surface area contributed by atoms with Crippen LogP contribution in [0.25, 0.3) is 0 Å². The van der Waals surface area contributed by atoms with E-state index in [0.29, 0.717) is 6.04 Å². The number of anilines is 1. The van der Waals surface area contributed by atoms with Gasteiger partial charge in [-0.1, -0.05) is 25.2 Å². The van der Waals surface area contributed by atoms with Crippen LogP contribution in [-0.2, 0) is 11.3 Å². The Hall–Kier alpha value is -0.720. The van der Waals surface area contributed by atoms with E-state index in [2.05, 4.69) is 41.2 Å². The summed E-state index contributed by atoms with van der Waals surface area (Å²) in [7, 11) is 1.74. The number of hydrogen-bond donors (Lipinski definition) is 1. The van der Waals surface area contributed by atoms with Crippen molar-refractivity contribution in [3.05, 3.63) is 5.01 Å². The monoisotopic (exact) mass is 286 g/mol. The van der Waals surface area contributed by atoms with Gasteiger partial charge in [-0.25, -0.2) is 0 Å². The van der Waals surface area contributed by atoms with Crippen molar-refractivity contribution in [2.45, 2.75) is 46.2 Å². The lowest BCUT2D eigenvalue weighted by Crippen LogP contribution is -2.34. The summed E-state index contributed by atoms with van der Waals surface area (Å²) >= 11 is 1.65. The molecule has 110 valence electrons. The molecule has 0 saturated carbocycles. The molecular weight excluding hydrogens is 260 g/mol. The molecule has 5 nitrogen and oxygen atoms in total. The number of nitrogens with zero attached hydrogens (tertiary/aromatic N) is 3. The fourth-order valence-corrected chi connectivity index (χ4v) is 2.51. The molecule has 0 fully saturated rings. The first-order valence-corrected chi connectivity index (χ1v) is 7.82. The maximum atomic E-state index is 5.18. The minimum Gasteiger partial charge on any atom is -0.383 e. The van der Waals surface area contributed by atoms with Gasteiger partial charge >= 0.3 is 0 Å². The van der Waals surface area contributed by atoms with Crippen LogP contribution in [0.15, 0.2) is 0 Å². The SMILES string of the molecule is CCCNc1nnc(CN(CCOC)C(C)CC)s1. The lowest BCUT2D eigenvalue weighted by Gasteiger charge is -2.26. The number of ether oxygens (including phenoxy) is 1. The third-order valence-corrected chi connectivity index (χ3v) is 3.99. The predicted molar refractivity (Wildman–Crippen MR) is 80.7 cm³/mol. The van der Waals surface area contributed by atoms with E-state index in [1.807, 2.05) is 0 Å². The third-order valence-electron chi connectivity index (χ3n) is 3.13. The maximum absolute atomic E-state index is 5.18. The molecule has 0 aliphatic heterocycles. The molecule has 1 rings (SSSR count). The third kappa shape index (κ3) is 5.84. The van der Waals surface area contributed by atoms with Crippen LogP contribution < -0.4 is 5.32 Å². The Morgan fingerprint density at radius 1 is 1.37 bits per heavy atom. The highest BCUT2D eigenvalue weighted by atomic mass is 32.1. The Bertz CT molecular complexity index is 345. The Labute approximate surface area is 120 Å². The van der Waals surface area contributed by atoms with Gasteiger partial charge in [0.2, 0.25) is 5.13 Å². The van der Waals surface area contributed by atoms with Crippen molar-refractivity contribution in [2.75, 3.05) is 32.1 Å². The fraction of sp³-hybridized carbons (Fsp3) is 0.846. The molecule has 0 aliphatic rings. The van der Waals surface area contributed by atoms with Gasteiger partial charge in [-0.15, -0.1) is 10.2 Å². The number of aromatic nitrogens is 2. The maximum Gasteiger partial charge on any atom is 0.205 e. The molecule has 1 aromatic rings. The Balaban J connectivity index is 2.54. The molecule has 6 heteroatoms. The van der Waals surface area contributed by atoms with Crippen LogP contribution in [0, 0.1) is 0 Å². The molecule has 0 saturated heterocycles. The molecule has 1 unspecified atom stereocenters. The highest BCUT2D eigenvalue weighted by Gasteiger charge is 2.15. The van der Waals surface area contributed by atoms with E-state index >= 15 is 0 Å². The lowest BCUT2D eigenvalue weighted by molar-refractivity contribution is 0.118. The molecular formula is C13H26N4OS.